The van der Waals surface area contributed by atoms with Gasteiger partial charge in [0.05, 0.1) is 11.4 Å². The molecule has 1 heterocycles. The topological polar surface area (TPSA) is 70.2 Å². The highest BCUT2D eigenvalue weighted by molar-refractivity contribution is 8.00. The largest absolute Gasteiger partial charge is 0.388 e. The van der Waals surface area contributed by atoms with Crippen LogP contribution in [0.4, 0.5) is 4.39 Å². The molecule has 0 aliphatic carbocycles. The Kier molecular flexibility index (Phi) is 12.3. The summed E-state index contributed by atoms with van der Waals surface area (Å²) in [5, 5.41) is 9.89. The van der Waals surface area contributed by atoms with E-state index in [0.29, 0.717) is 11.3 Å². The fourth-order valence-corrected chi connectivity index (χ4v) is 5.02. The maximum Gasteiger partial charge on any atom is 0.247 e. The van der Waals surface area contributed by atoms with Gasteiger partial charge in [0, 0.05) is 23.9 Å². The van der Waals surface area contributed by atoms with Crippen LogP contribution in [0.3, 0.4) is 0 Å². The first-order valence-corrected chi connectivity index (χ1v) is 13.3. The van der Waals surface area contributed by atoms with Gasteiger partial charge in [-0.1, -0.05) is 73.2 Å². The Morgan fingerprint density at radius 3 is 2.16 bits per heavy atom. The van der Waals surface area contributed by atoms with Gasteiger partial charge >= 0.3 is 0 Å². The highest BCUT2D eigenvalue weighted by Gasteiger charge is 2.25. The van der Waals surface area contributed by atoms with Crippen molar-refractivity contribution in [2.75, 3.05) is 5.75 Å². The van der Waals surface area contributed by atoms with Gasteiger partial charge < -0.3 is 10.1 Å². The monoisotopic (exact) mass is 521 g/mol. The van der Waals surface area contributed by atoms with Crippen molar-refractivity contribution in [2.45, 2.75) is 51.9 Å². The minimum Gasteiger partial charge on any atom is -0.388 e. The number of hydrogen-bond donors (Lipinski definition) is 2. The smallest absolute Gasteiger partial charge is 0.247 e. The lowest BCUT2D eigenvalue weighted by Gasteiger charge is -2.22. The van der Waals surface area contributed by atoms with E-state index < -0.39 is 6.10 Å². The van der Waals surface area contributed by atoms with E-state index in [1.165, 1.54) is 65.7 Å². The third kappa shape index (κ3) is 9.63. The van der Waals surface area contributed by atoms with Crippen molar-refractivity contribution in [3.8, 4) is 0 Å². The van der Waals surface area contributed by atoms with Crippen molar-refractivity contribution < 1.29 is 14.3 Å². The van der Waals surface area contributed by atoms with Crippen molar-refractivity contribution in [3.63, 3.8) is 0 Å². The first-order valence-electron chi connectivity index (χ1n) is 12.3. The molecule has 37 heavy (non-hydrogen) atoms. The molecule has 3 aromatic rings. The van der Waals surface area contributed by atoms with Crippen LogP contribution in [0, 0.1) is 12.7 Å². The Bertz CT molecular complexity index is 1230. The van der Waals surface area contributed by atoms with Crippen LogP contribution in [0.15, 0.2) is 89.9 Å². The van der Waals surface area contributed by atoms with Crippen molar-refractivity contribution >= 4 is 23.1 Å². The summed E-state index contributed by atoms with van der Waals surface area (Å²) in [7, 11) is 0. The summed E-state index contributed by atoms with van der Waals surface area (Å²) in [5.74, 6) is -0.134. The number of aromatic nitrogens is 1. The number of halogens is 1. The molecule has 0 fully saturated rings. The number of rotatable bonds is 9. The quantitative estimate of drug-likeness (QED) is 0.297. The minimum atomic E-state index is -0.778. The van der Waals surface area contributed by atoms with E-state index in [0.717, 1.165) is 5.56 Å². The lowest BCUT2D eigenvalue weighted by Crippen LogP contribution is -2.23. The standard InChI is InChI=1S/C18H20FNO3S.C13H16/c1-11(14-5-8-17(23)20-9-14)18(12(2)21)24-10-16(22)13-3-6-15(19)7-4-13;1-4-6-12(5-2)13-9-7-11(3)8-10-13/h3-9,11,16,18,22H,10H2,1-2H3,(H,20,23);4-10H,1-3H3/b;6-4-,12-5+. The molecule has 0 bridgehead atoms. The molecular formula is C31H36FNO3S. The van der Waals surface area contributed by atoms with Gasteiger partial charge in [-0.15, -0.1) is 11.8 Å². The Balaban J connectivity index is 0.000000312. The lowest BCUT2D eigenvalue weighted by molar-refractivity contribution is -0.116. The second kappa shape index (κ2) is 15.1. The number of H-pyrrole nitrogens is 1. The molecule has 3 rings (SSSR count). The van der Waals surface area contributed by atoms with Crippen molar-refractivity contribution in [1.82, 2.24) is 4.98 Å². The van der Waals surface area contributed by atoms with Crippen LogP contribution in [-0.2, 0) is 4.79 Å². The Morgan fingerprint density at radius 2 is 1.65 bits per heavy atom. The van der Waals surface area contributed by atoms with Gasteiger partial charge in [0.1, 0.15) is 11.6 Å². The van der Waals surface area contributed by atoms with Crippen LogP contribution in [-0.4, -0.2) is 26.9 Å². The fourth-order valence-electron chi connectivity index (χ4n) is 3.76. The van der Waals surface area contributed by atoms with Gasteiger partial charge in [0.2, 0.25) is 5.56 Å². The van der Waals surface area contributed by atoms with Crippen molar-refractivity contribution in [3.05, 3.63) is 124 Å². The van der Waals surface area contributed by atoms with Crippen molar-refractivity contribution in [2.24, 2.45) is 0 Å². The number of hydrogen-bond acceptors (Lipinski definition) is 4. The molecular weight excluding hydrogens is 485 g/mol. The van der Waals surface area contributed by atoms with Crippen LogP contribution < -0.4 is 5.56 Å². The van der Waals surface area contributed by atoms with Crippen LogP contribution in [0.25, 0.3) is 5.57 Å². The summed E-state index contributed by atoms with van der Waals surface area (Å²) in [6.45, 7) is 9.64. The molecule has 0 saturated carbocycles. The first kappa shape index (κ1) is 30.0. The maximum atomic E-state index is 12.9. The predicted octanol–water partition coefficient (Wildman–Crippen LogP) is 7.02. The molecule has 0 amide bonds. The third-order valence-electron chi connectivity index (χ3n) is 5.92. The average molecular weight is 522 g/mol. The van der Waals surface area contributed by atoms with Crippen LogP contribution in [0.5, 0.6) is 0 Å². The van der Waals surface area contributed by atoms with Gasteiger partial charge in [-0.2, -0.15) is 0 Å². The van der Waals surface area contributed by atoms with E-state index in [2.05, 4.69) is 61.3 Å². The number of allylic oxidation sites excluding steroid dienone is 4. The molecule has 1 aromatic heterocycles. The molecule has 6 heteroatoms. The molecule has 0 spiro atoms. The second-order valence-electron chi connectivity index (χ2n) is 8.82. The molecule has 3 unspecified atom stereocenters. The van der Waals surface area contributed by atoms with E-state index in [4.69, 9.17) is 0 Å². The first-order chi connectivity index (χ1) is 17.7. The van der Waals surface area contributed by atoms with Gasteiger partial charge in [0.25, 0.3) is 0 Å². The Hall–Kier alpha value is -3.22. The average Bonchev–Trinajstić information content (AvgIpc) is 2.89. The van der Waals surface area contributed by atoms with E-state index in [1.54, 1.807) is 12.3 Å². The highest BCUT2D eigenvalue weighted by atomic mass is 32.2. The number of carbonyl (C=O) groups is 1. The Labute approximate surface area is 223 Å². The van der Waals surface area contributed by atoms with Crippen LogP contribution in [0.1, 0.15) is 62.0 Å². The number of Topliss-reactive ketones (excluding diaryl/α,β-unsaturated/α-hetero) is 1. The molecule has 2 aromatic carbocycles. The molecule has 3 atom stereocenters. The van der Waals surface area contributed by atoms with Gasteiger partial charge in [-0.3, -0.25) is 9.59 Å². The zero-order valence-electron chi connectivity index (χ0n) is 22.1. The van der Waals surface area contributed by atoms with E-state index >= 15 is 0 Å². The summed E-state index contributed by atoms with van der Waals surface area (Å²) >= 11 is 1.36. The van der Waals surface area contributed by atoms with E-state index in [-0.39, 0.29) is 28.3 Å². The number of aliphatic hydroxyl groups excluding tert-OH is 1. The summed E-state index contributed by atoms with van der Waals surface area (Å²) in [6.07, 6.45) is 7.16. The molecule has 0 aliphatic rings. The number of aromatic amines is 1. The number of nitrogens with one attached hydrogen (secondary N) is 1. The van der Waals surface area contributed by atoms with Crippen molar-refractivity contribution in [1.29, 1.82) is 0 Å². The van der Waals surface area contributed by atoms with Gasteiger partial charge in [-0.05, 0) is 62.1 Å². The summed E-state index contributed by atoms with van der Waals surface area (Å²) in [4.78, 5) is 25.8. The van der Waals surface area contributed by atoms with Gasteiger partial charge in [0.15, 0.2) is 0 Å². The number of carbonyl (C=O) groups excluding carboxylic acids is 1. The number of benzene rings is 2. The molecule has 4 nitrogen and oxygen atoms in total. The number of pyridine rings is 1. The van der Waals surface area contributed by atoms with Crippen LogP contribution in [0.2, 0.25) is 0 Å². The number of aliphatic hydroxyl groups is 1. The molecule has 0 aliphatic heterocycles. The number of thioether (sulfide) groups is 1. The lowest BCUT2D eigenvalue weighted by atomic mass is 9.97. The summed E-state index contributed by atoms with van der Waals surface area (Å²) in [6, 6.07) is 17.4. The molecule has 196 valence electrons. The number of aryl methyl sites for hydroxylation is 1. The minimum absolute atomic E-state index is 0.00464. The normalized spacial score (nSPS) is 14.0. The fraction of sp³-hybridized carbons (Fsp3) is 0.290. The predicted molar refractivity (Wildman–Crippen MR) is 153 cm³/mol. The number of ketones is 1. The zero-order chi connectivity index (χ0) is 27.4. The molecule has 0 radical (unpaired) electrons. The summed E-state index contributed by atoms with van der Waals surface area (Å²) < 4.78 is 12.9. The maximum absolute atomic E-state index is 12.9. The third-order valence-corrected chi connectivity index (χ3v) is 7.53. The zero-order valence-corrected chi connectivity index (χ0v) is 22.9. The van der Waals surface area contributed by atoms with Gasteiger partial charge in [-0.25, -0.2) is 4.39 Å². The summed E-state index contributed by atoms with van der Waals surface area (Å²) in [5.41, 5.74) is 5.15. The van der Waals surface area contributed by atoms with E-state index in [9.17, 15) is 19.1 Å². The van der Waals surface area contributed by atoms with E-state index in [1.807, 2.05) is 13.8 Å². The molecule has 0 saturated heterocycles. The van der Waals surface area contributed by atoms with Crippen LogP contribution >= 0.6 is 11.8 Å². The second-order valence-corrected chi connectivity index (χ2v) is 9.99. The highest BCUT2D eigenvalue weighted by Crippen LogP contribution is 2.31. The molecule has 2 N–H and O–H groups in total. The Morgan fingerprint density at radius 1 is 1.03 bits per heavy atom. The SMILES string of the molecule is C/C=C\C(=C/C)c1ccc(C)cc1.CC(=O)C(SCC(O)c1ccc(F)cc1)C(C)c1ccc(=O)[nH]c1.